The summed E-state index contributed by atoms with van der Waals surface area (Å²) in [5, 5.41) is 3.45. The largest absolute Gasteiger partial charge is 0.492 e. The lowest BCUT2D eigenvalue weighted by molar-refractivity contribution is 0.192. The van der Waals surface area contributed by atoms with E-state index in [-0.39, 0.29) is 0 Å². The molecule has 0 saturated heterocycles. The first-order valence-electron chi connectivity index (χ1n) is 7.58. The molecule has 1 unspecified atom stereocenters. The minimum atomic E-state index is 0.486. The van der Waals surface area contributed by atoms with Gasteiger partial charge in [-0.2, -0.15) is 0 Å². The zero-order valence-corrected chi connectivity index (χ0v) is 12.5. The standard InChI is InChI=1S/C17H27NO/c1-13-9-10-14(2)17(11-13)19-12-16(18-3)15-7-5-4-6-8-15/h9-11,15-16,18H,4-8,12H2,1-3H3. The Morgan fingerprint density at radius 1 is 1.21 bits per heavy atom. The quantitative estimate of drug-likeness (QED) is 0.869. The van der Waals surface area contributed by atoms with Gasteiger partial charge >= 0.3 is 0 Å². The second-order valence-electron chi connectivity index (χ2n) is 5.87. The summed E-state index contributed by atoms with van der Waals surface area (Å²) in [6.07, 6.45) is 6.87. The van der Waals surface area contributed by atoms with Crippen LogP contribution in [-0.4, -0.2) is 19.7 Å². The molecule has 2 nitrogen and oxygen atoms in total. The summed E-state index contributed by atoms with van der Waals surface area (Å²) in [4.78, 5) is 0. The van der Waals surface area contributed by atoms with Crippen LogP contribution in [0.4, 0.5) is 0 Å². The van der Waals surface area contributed by atoms with Crippen LogP contribution in [-0.2, 0) is 0 Å². The second kappa shape index (κ2) is 6.95. The molecule has 0 bridgehead atoms. The van der Waals surface area contributed by atoms with Crippen LogP contribution in [0.5, 0.6) is 5.75 Å². The molecule has 0 spiro atoms. The SMILES string of the molecule is CNC(COc1cc(C)ccc1C)C1CCCCC1. The maximum absolute atomic E-state index is 6.06. The van der Waals surface area contributed by atoms with Crippen LogP contribution >= 0.6 is 0 Å². The van der Waals surface area contributed by atoms with Gasteiger partial charge in [-0.25, -0.2) is 0 Å². The van der Waals surface area contributed by atoms with Crippen molar-refractivity contribution in [3.63, 3.8) is 0 Å². The van der Waals surface area contributed by atoms with Crippen LogP contribution in [0.3, 0.4) is 0 Å². The zero-order valence-electron chi connectivity index (χ0n) is 12.5. The molecule has 106 valence electrons. The van der Waals surface area contributed by atoms with Crippen molar-refractivity contribution in [3.05, 3.63) is 29.3 Å². The van der Waals surface area contributed by atoms with E-state index in [1.165, 1.54) is 43.2 Å². The Balaban J connectivity index is 1.93. The number of hydrogen-bond donors (Lipinski definition) is 1. The highest BCUT2D eigenvalue weighted by Crippen LogP contribution is 2.27. The molecule has 2 heteroatoms. The van der Waals surface area contributed by atoms with Crippen molar-refractivity contribution in [1.82, 2.24) is 5.32 Å². The summed E-state index contributed by atoms with van der Waals surface area (Å²) in [6, 6.07) is 6.90. The van der Waals surface area contributed by atoms with Crippen molar-refractivity contribution in [2.75, 3.05) is 13.7 Å². The summed E-state index contributed by atoms with van der Waals surface area (Å²) in [7, 11) is 2.06. The maximum atomic E-state index is 6.06. The molecule has 0 aliphatic heterocycles. The van der Waals surface area contributed by atoms with Crippen LogP contribution in [0.2, 0.25) is 0 Å². The molecule has 19 heavy (non-hydrogen) atoms. The van der Waals surface area contributed by atoms with Gasteiger partial charge < -0.3 is 10.1 Å². The number of nitrogens with one attached hydrogen (secondary N) is 1. The number of ether oxygens (including phenoxy) is 1. The first kappa shape index (κ1) is 14.4. The van der Waals surface area contributed by atoms with Crippen molar-refractivity contribution < 1.29 is 4.74 Å². The third kappa shape index (κ3) is 3.97. The highest BCUT2D eigenvalue weighted by molar-refractivity contribution is 5.35. The molecule has 0 amide bonds. The molecule has 1 aliphatic carbocycles. The van der Waals surface area contributed by atoms with Gasteiger partial charge in [0.05, 0.1) is 0 Å². The number of benzene rings is 1. The molecule has 1 aromatic carbocycles. The van der Waals surface area contributed by atoms with Crippen LogP contribution in [0.15, 0.2) is 18.2 Å². The minimum absolute atomic E-state index is 0.486. The molecule has 1 fully saturated rings. The Morgan fingerprint density at radius 3 is 2.63 bits per heavy atom. The Bertz CT molecular complexity index is 396. The number of aryl methyl sites for hydroxylation is 2. The fourth-order valence-corrected chi connectivity index (χ4v) is 3.03. The maximum Gasteiger partial charge on any atom is 0.122 e. The molecule has 0 aromatic heterocycles. The van der Waals surface area contributed by atoms with Crippen molar-refractivity contribution in [2.24, 2.45) is 5.92 Å². The molecular formula is C17H27NO. The van der Waals surface area contributed by atoms with Crippen LogP contribution in [0.25, 0.3) is 0 Å². The van der Waals surface area contributed by atoms with E-state index in [0.29, 0.717) is 6.04 Å². The number of likely N-dealkylation sites (N-methyl/N-ethyl adjacent to an activating group) is 1. The lowest BCUT2D eigenvalue weighted by atomic mass is 9.84. The average Bonchev–Trinajstić information content (AvgIpc) is 2.44. The first-order valence-corrected chi connectivity index (χ1v) is 7.58. The van der Waals surface area contributed by atoms with Gasteiger partial charge in [0.25, 0.3) is 0 Å². The van der Waals surface area contributed by atoms with Gasteiger partial charge in [0.2, 0.25) is 0 Å². The van der Waals surface area contributed by atoms with Gasteiger partial charge in [0.15, 0.2) is 0 Å². The third-order valence-corrected chi connectivity index (χ3v) is 4.35. The third-order valence-electron chi connectivity index (χ3n) is 4.35. The van der Waals surface area contributed by atoms with E-state index >= 15 is 0 Å². The van der Waals surface area contributed by atoms with Crippen molar-refractivity contribution >= 4 is 0 Å². The Morgan fingerprint density at radius 2 is 1.95 bits per heavy atom. The van der Waals surface area contributed by atoms with Gasteiger partial charge in [0.1, 0.15) is 12.4 Å². The van der Waals surface area contributed by atoms with E-state index in [4.69, 9.17) is 4.74 Å². The predicted octanol–water partition coefficient (Wildman–Crippen LogP) is 3.85. The zero-order chi connectivity index (χ0) is 13.7. The summed E-state index contributed by atoms with van der Waals surface area (Å²) >= 11 is 0. The molecule has 1 atom stereocenters. The number of rotatable bonds is 5. The van der Waals surface area contributed by atoms with Gasteiger partial charge in [-0.15, -0.1) is 0 Å². The van der Waals surface area contributed by atoms with Crippen molar-refractivity contribution in [1.29, 1.82) is 0 Å². The van der Waals surface area contributed by atoms with E-state index in [1.807, 2.05) is 0 Å². The van der Waals surface area contributed by atoms with E-state index in [9.17, 15) is 0 Å². The Hall–Kier alpha value is -1.02. The molecule has 0 heterocycles. The molecule has 1 aromatic rings. The summed E-state index contributed by atoms with van der Waals surface area (Å²) < 4.78 is 6.06. The summed E-state index contributed by atoms with van der Waals surface area (Å²) in [5.41, 5.74) is 2.49. The molecule has 1 aliphatic rings. The fourth-order valence-electron chi connectivity index (χ4n) is 3.03. The summed E-state index contributed by atoms with van der Waals surface area (Å²) in [5.74, 6) is 1.82. The van der Waals surface area contributed by atoms with E-state index in [1.54, 1.807) is 0 Å². The van der Waals surface area contributed by atoms with E-state index in [0.717, 1.165) is 18.3 Å². The highest BCUT2D eigenvalue weighted by atomic mass is 16.5. The van der Waals surface area contributed by atoms with Crippen molar-refractivity contribution in [3.8, 4) is 5.75 Å². The van der Waals surface area contributed by atoms with E-state index in [2.05, 4.69) is 44.4 Å². The van der Waals surface area contributed by atoms with Crippen molar-refractivity contribution in [2.45, 2.75) is 52.0 Å². The van der Waals surface area contributed by atoms with Gasteiger partial charge in [0, 0.05) is 6.04 Å². The first-order chi connectivity index (χ1) is 9.20. The topological polar surface area (TPSA) is 21.3 Å². The minimum Gasteiger partial charge on any atom is -0.492 e. The van der Waals surface area contributed by atoms with E-state index < -0.39 is 0 Å². The smallest absolute Gasteiger partial charge is 0.122 e. The predicted molar refractivity (Wildman–Crippen MR) is 80.8 cm³/mol. The normalized spacial score (nSPS) is 18.3. The van der Waals surface area contributed by atoms with Crippen LogP contribution in [0, 0.1) is 19.8 Å². The Labute approximate surface area is 117 Å². The van der Waals surface area contributed by atoms with Gasteiger partial charge in [-0.3, -0.25) is 0 Å². The molecule has 1 N–H and O–H groups in total. The van der Waals surface area contributed by atoms with Crippen LogP contribution in [0.1, 0.15) is 43.2 Å². The lowest BCUT2D eigenvalue weighted by Crippen LogP contribution is -2.39. The van der Waals surface area contributed by atoms with Gasteiger partial charge in [-0.05, 0) is 56.8 Å². The average molecular weight is 261 g/mol. The molecule has 0 radical (unpaired) electrons. The second-order valence-corrected chi connectivity index (χ2v) is 5.87. The molecular weight excluding hydrogens is 234 g/mol. The summed E-state index contributed by atoms with van der Waals surface area (Å²) in [6.45, 7) is 5.01. The lowest BCUT2D eigenvalue weighted by Gasteiger charge is -2.30. The van der Waals surface area contributed by atoms with Crippen LogP contribution < -0.4 is 10.1 Å². The fraction of sp³-hybridized carbons (Fsp3) is 0.647. The number of hydrogen-bond acceptors (Lipinski definition) is 2. The molecule has 1 saturated carbocycles. The Kier molecular flexibility index (Phi) is 5.26. The monoisotopic (exact) mass is 261 g/mol. The molecule has 2 rings (SSSR count). The van der Waals surface area contributed by atoms with Gasteiger partial charge in [-0.1, -0.05) is 31.4 Å². The highest BCUT2D eigenvalue weighted by Gasteiger charge is 2.22.